The van der Waals surface area contributed by atoms with Crippen LogP contribution in [-0.2, 0) is 30.1 Å². The van der Waals surface area contributed by atoms with Crippen molar-refractivity contribution in [3.8, 4) is 16.9 Å². The first-order chi connectivity index (χ1) is 20.3. The van der Waals surface area contributed by atoms with E-state index >= 15 is 0 Å². The molecule has 2 atom stereocenters. The Kier molecular flexibility index (Phi) is 8.19. The van der Waals surface area contributed by atoms with E-state index in [2.05, 4.69) is 11.9 Å². The number of benzene rings is 2. The zero-order valence-corrected chi connectivity index (χ0v) is 23.7. The lowest BCUT2D eigenvalue weighted by Gasteiger charge is -2.31. The van der Waals surface area contributed by atoms with Crippen LogP contribution in [-0.4, -0.2) is 47.2 Å². The molecule has 1 amide bonds. The van der Waals surface area contributed by atoms with Gasteiger partial charge in [0.2, 0.25) is 5.95 Å². The molecule has 13 heteroatoms. The minimum Gasteiger partial charge on any atom is -0.496 e. The number of cyclic esters (lactones) is 1. The summed E-state index contributed by atoms with van der Waals surface area (Å²) < 4.78 is 92.2. The second kappa shape index (κ2) is 11.6. The lowest BCUT2D eigenvalue weighted by Crippen LogP contribution is -2.39. The molecule has 7 nitrogen and oxygen atoms in total. The van der Waals surface area contributed by atoms with Crippen molar-refractivity contribution >= 4 is 12.0 Å². The molecule has 3 heterocycles. The van der Waals surface area contributed by atoms with E-state index in [0.717, 1.165) is 37.9 Å². The summed E-state index contributed by atoms with van der Waals surface area (Å²) in [6.07, 6.45) is -7.98. The van der Waals surface area contributed by atoms with Crippen LogP contribution in [0.15, 0.2) is 42.6 Å². The van der Waals surface area contributed by atoms with Crippen LogP contribution >= 0.6 is 0 Å². The Hall–Kier alpha value is -4.03. The quantitative estimate of drug-likeness (QED) is 0.248. The number of carbonyl (C=O) groups excluding carboxylic acids is 1. The summed E-state index contributed by atoms with van der Waals surface area (Å²) in [7, 11) is 1.53. The smallest absolute Gasteiger partial charge is 0.416 e. The SMILES string of the molecule is CCCc1ccc(OC)c(-c2cnc(N3CCC3)nc2CN2C(=O)O[C@H](c3cc(C(F)(F)F)cc(C(F)(F)F)c3)[C@@H]2C)c1. The fourth-order valence-corrected chi connectivity index (χ4v) is 5.29. The third kappa shape index (κ3) is 6.21. The Balaban J connectivity index is 1.54. The first kappa shape index (κ1) is 30.4. The lowest BCUT2D eigenvalue weighted by atomic mass is 9.97. The van der Waals surface area contributed by atoms with Crippen LogP contribution in [0.3, 0.4) is 0 Å². The van der Waals surface area contributed by atoms with Crippen molar-refractivity contribution in [3.05, 3.63) is 70.5 Å². The first-order valence-corrected chi connectivity index (χ1v) is 13.8. The van der Waals surface area contributed by atoms with Crippen LogP contribution in [0, 0.1) is 0 Å². The van der Waals surface area contributed by atoms with Crippen LogP contribution in [0.5, 0.6) is 5.75 Å². The zero-order valence-electron chi connectivity index (χ0n) is 23.7. The predicted molar refractivity (Wildman–Crippen MR) is 146 cm³/mol. The van der Waals surface area contributed by atoms with E-state index in [9.17, 15) is 31.1 Å². The monoisotopic (exact) mass is 608 g/mol. The number of anilines is 1. The van der Waals surface area contributed by atoms with Crippen LogP contribution in [0.2, 0.25) is 0 Å². The number of halogens is 6. The van der Waals surface area contributed by atoms with E-state index in [-0.39, 0.29) is 12.6 Å². The van der Waals surface area contributed by atoms with E-state index in [0.29, 0.717) is 40.7 Å². The normalized spacial score (nSPS) is 19.0. The number of ether oxygens (including phenoxy) is 2. The molecule has 1 aromatic heterocycles. The lowest BCUT2D eigenvalue weighted by molar-refractivity contribution is -0.143. The number of hydrogen-bond acceptors (Lipinski definition) is 6. The fraction of sp³-hybridized carbons (Fsp3) is 0.433. The van der Waals surface area contributed by atoms with Crippen molar-refractivity contribution in [1.29, 1.82) is 0 Å². The van der Waals surface area contributed by atoms with E-state index in [1.165, 1.54) is 18.9 Å². The highest BCUT2D eigenvalue weighted by atomic mass is 19.4. The summed E-state index contributed by atoms with van der Waals surface area (Å²) in [5.74, 6) is 1.01. The molecule has 3 aromatic rings. The Labute approximate surface area is 244 Å². The van der Waals surface area contributed by atoms with E-state index in [4.69, 9.17) is 14.5 Å². The molecule has 0 bridgehead atoms. The van der Waals surface area contributed by atoms with Crippen LogP contribution in [0.1, 0.15) is 60.7 Å². The molecule has 2 aromatic carbocycles. The van der Waals surface area contributed by atoms with Gasteiger partial charge in [-0.1, -0.05) is 19.4 Å². The van der Waals surface area contributed by atoms with Gasteiger partial charge in [0.25, 0.3) is 0 Å². The van der Waals surface area contributed by atoms with Gasteiger partial charge in [-0.25, -0.2) is 14.8 Å². The summed E-state index contributed by atoms with van der Waals surface area (Å²) in [6.45, 7) is 4.97. The van der Waals surface area contributed by atoms with E-state index in [1.807, 2.05) is 23.1 Å². The molecule has 0 saturated carbocycles. The minimum absolute atomic E-state index is 0.0488. The Morgan fingerprint density at radius 1 is 1.00 bits per heavy atom. The third-order valence-corrected chi connectivity index (χ3v) is 7.74. The largest absolute Gasteiger partial charge is 0.496 e. The molecule has 0 radical (unpaired) electrons. The highest BCUT2D eigenvalue weighted by Crippen LogP contribution is 2.42. The maximum atomic E-state index is 13.5. The van der Waals surface area contributed by atoms with Crippen molar-refractivity contribution < 1.29 is 40.6 Å². The second-order valence-corrected chi connectivity index (χ2v) is 10.7. The molecular weight excluding hydrogens is 578 g/mol. The van der Waals surface area contributed by atoms with Crippen LogP contribution in [0.25, 0.3) is 11.1 Å². The predicted octanol–water partition coefficient (Wildman–Crippen LogP) is 7.43. The highest BCUT2D eigenvalue weighted by Gasteiger charge is 2.43. The van der Waals surface area contributed by atoms with Gasteiger partial charge < -0.3 is 14.4 Å². The molecule has 43 heavy (non-hydrogen) atoms. The molecule has 0 N–H and O–H groups in total. The average Bonchev–Trinajstić information content (AvgIpc) is 3.20. The first-order valence-electron chi connectivity index (χ1n) is 13.8. The number of hydrogen-bond donors (Lipinski definition) is 0. The van der Waals surface area contributed by atoms with Gasteiger partial charge in [-0.15, -0.1) is 0 Å². The molecule has 2 aliphatic heterocycles. The van der Waals surface area contributed by atoms with Gasteiger partial charge in [-0.3, -0.25) is 4.90 Å². The summed E-state index contributed by atoms with van der Waals surface area (Å²) in [5, 5.41) is 0. The number of nitrogens with zero attached hydrogens (tertiary/aromatic N) is 4. The van der Waals surface area contributed by atoms with Gasteiger partial charge in [0, 0.05) is 30.4 Å². The van der Waals surface area contributed by atoms with E-state index < -0.39 is 47.3 Å². The summed E-state index contributed by atoms with van der Waals surface area (Å²) in [5.41, 5.74) is -0.582. The Morgan fingerprint density at radius 2 is 1.67 bits per heavy atom. The number of carbonyl (C=O) groups is 1. The number of rotatable bonds is 8. The molecule has 2 saturated heterocycles. The van der Waals surface area contributed by atoms with Crippen molar-refractivity contribution in [3.63, 3.8) is 0 Å². The van der Waals surface area contributed by atoms with Gasteiger partial charge in [0.1, 0.15) is 11.9 Å². The van der Waals surface area contributed by atoms with E-state index in [1.54, 1.807) is 6.20 Å². The number of aromatic nitrogens is 2. The van der Waals surface area contributed by atoms with Gasteiger partial charge >= 0.3 is 18.4 Å². The molecule has 5 rings (SSSR count). The molecule has 0 unspecified atom stereocenters. The molecule has 2 aliphatic rings. The molecule has 2 fully saturated rings. The summed E-state index contributed by atoms with van der Waals surface area (Å²) in [6, 6.07) is 6.07. The zero-order chi connectivity index (χ0) is 31.1. The van der Waals surface area contributed by atoms with Gasteiger partial charge in [0.15, 0.2) is 0 Å². The van der Waals surface area contributed by atoms with Crippen molar-refractivity contribution in [2.24, 2.45) is 0 Å². The summed E-state index contributed by atoms with van der Waals surface area (Å²) >= 11 is 0. The maximum absolute atomic E-state index is 13.5. The standard InChI is InChI=1S/C30H30F6N4O3/c1-4-6-18-7-8-25(42-3)22(11-18)23-15-37-27(39-9-5-10-39)38-24(23)16-40-17(2)26(43-28(40)41)19-12-20(29(31,32)33)14-21(13-19)30(34,35)36/h7-8,11-15,17,26H,4-6,9-10,16H2,1-3H3/t17-,26-/m0/s1. The van der Waals surface area contributed by atoms with Gasteiger partial charge in [-0.2, -0.15) is 26.3 Å². The molecular formula is C30H30F6N4O3. The summed E-state index contributed by atoms with van der Waals surface area (Å²) in [4.78, 5) is 25.6. The number of methoxy groups -OCH3 is 1. The Morgan fingerprint density at radius 3 is 2.23 bits per heavy atom. The average molecular weight is 609 g/mol. The van der Waals surface area contributed by atoms with Crippen molar-refractivity contribution in [2.45, 2.75) is 64.2 Å². The van der Waals surface area contributed by atoms with Crippen molar-refractivity contribution in [2.75, 3.05) is 25.1 Å². The third-order valence-electron chi connectivity index (χ3n) is 7.74. The van der Waals surface area contributed by atoms with Crippen LogP contribution in [0.4, 0.5) is 37.1 Å². The number of aryl methyl sites for hydroxylation is 1. The molecule has 0 aliphatic carbocycles. The number of amides is 1. The minimum atomic E-state index is -5.03. The highest BCUT2D eigenvalue weighted by molar-refractivity contribution is 5.75. The topological polar surface area (TPSA) is 67.8 Å². The maximum Gasteiger partial charge on any atom is 0.416 e. The second-order valence-electron chi connectivity index (χ2n) is 10.7. The van der Waals surface area contributed by atoms with Crippen LogP contribution < -0.4 is 9.64 Å². The number of alkyl halides is 6. The van der Waals surface area contributed by atoms with Crippen molar-refractivity contribution in [1.82, 2.24) is 14.9 Å². The molecule has 230 valence electrons. The Bertz CT molecular complexity index is 1470. The fourth-order valence-electron chi connectivity index (χ4n) is 5.29. The molecule has 0 spiro atoms. The van der Waals surface area contributed by atoms with Gasteiger partial charge in [0.05, 0.1) is 36.5 Å². The van der Waals surface area contributed by atoms with Gasteiger partial charge in [-0.05, 0) is 61.2 Å².